The second-order valence-electron chi connectivity index (χ2n) is 6.71. The topological polar surface area (TPSA) is 67.6 Å². The van der Waals surface area contributed by atoms with E-state index in [4.69, 9.17) is 9.26 Å². The van der Waals surface area contributed by atoms with Gasteiger partial charge in [0.05, 0.1) is 18.9 Å². The molecule has 2 heterocycles. The number of aromatic nitrogens is 1. The summed E-state index contributed by atoms with van der Waals surface area (Å²) in [5.74, 6) is 0.0174. The summed E-state index contributed by atoms with van der Waals surface area (Å²) in [5.41, 5.74) is 0.294. The van der Waals surface area contributed by atoms with Crippen LogP contribution in [0.15, 0.2) is 16.8 Å². The van der Waals surface area contributed by atoms with Gasteiger partial charge in [-0.3, -0.25) is 9.69 Å². The van der Waals surface area contributed by atoms with Gasteiger partial charge >= 0.3 is 0 Å². The van der Waals surface area contributed by atoms with Crippen LogP contribution in [0.1, 0.15) is 37.7 Å². The fourth-order valence-corrected chi connectivity index (χ4v) is 2.54. The number of nitrogens with one attached hydrogen (secondary N) is 1. The number of amides is 1. The minimum atomic E-state index is -0.227. The van der Waals surface area contributed by atoms with Crippen LogP contribution in [0, 0.1) is 5.41 Å². The third-order valence-corrected chi connectivity index (χ3v) is 3.33. The number of morpholine rings is 1. The van der Waals surface area contributed by atoms with Crippen LogP contribution in [0.2, 0.25) is 0 Å². The number of rotatable bonds is 5. The van der Waals surface area contributed by atoms with Crippen molar-refractivity contribution in [2.45, 2.75) is 33.3 Å². The molecule has 1 atom stereocenters. The van der Waals surface area contributed by atoms with E-state index in [2.05, 4.69) is 36.1 Å². The molecule has 0 aromatic carbocycles. The fourth-order valence-electron chi connectivity index (χ4n) is 2.54. The molecule has 2 rings (SSSR count). The first-order valence-electron chi connectivity index (χ1n) is 7.47. The Balaban J connectivity index is 1.69. The third-order valence-electron chi connectivity index (χ3n) is 3.33. The van der Waals surface area contributed by atoms with E-state index in [9.17, 15) is 4.79 Å². The Hall–Kier alpha value is -1.40. The zero-order valence-electron chi connectivity index (χ0n) is 13.1. The fraction of sp³-hybridized carbons (Fsp3) is 0.733. The number of hydrogen-bond donors (Lipinski definition) is 1. The quantitative estimate of drug-likeness (QED) is 0.892. The van der Waals surface area contributed by atoms with Gasteiger partial charge in [0, 0.05) is 32.2 Å². The largest absolute Gasteiger partial charge is 0.375 e. The highest BCUT2D eigenvalue weighted by Crippen LogP contribution is 2.18. The van der Waals surface area contributed by atoms with Gasteiger partial charge in [-0.05, 0) is 11.8 Å². The van der Waals surface area contributed by atoms with Gasteiger partial charge in [-0.15, -0.1) is 0 Å². The van der Waals surface area contributed by atoms with Gasteiger partial charge in [0.15, 0.2) is 0 Å². The number of ether oxygens (including phenoxy) is 1. The number of carbonyl (C=O) groups excluding carboxylic acids is 1. The monoisotopic (exact) mass is 295 g/mol. The maximum absolute atomic E-state index is 11.7. The minimum Gasteiger partial charge on any atom is -0.375 e. The first-order chi connectivity index (χ1) is 9.94. The van der Waals surface area contributed by atoms with Gasteiger partial charge in [0.1, 0.15) is 0 Å². The van der Waals surface area contributed by atoms with Crippen molar-refractivity contribution in [1.29, 1.82) is 0 Å². The maximum atomic E-state index is 11.7. The zero-order chi connectivity index (χ0) is 15.3. The van der Waals surface area contributed by atoms with Crippen LogP contribution in [0.5, 0.6) is 0 Å². The molecule has 1 amide bonds. The molecule has 1 saturated heterocycles. The van der Waals surface area contributed by atoms with Crippen molar-refractivity contribution in [2.75, 3.05) is 32.8 Å². The summed E-state index contributed by atoms with van der Waals surface area (Å²) in [6, 6.07) is 1.55. The predicted molar refractivity (Wildman–Crippen MR) is 79.1 cm³/mol. The van der Waals surface area contributed by atoms with Crippen molar-refractivity contribution < 1.29 is 14.1 Å². The molecular formula is C15H25N3O3. The summed E-state index contributed by atoms with van der Waals surface area (Å²) >= 11 is 0. The summed E-state index contributed by atoms with van der Waals surface area (Å²) in [5, 5.41) is 6.34. The van der Waals surface area contributed by atoms with E-state index in [1.807, 2.05) is 0 Å². The molecule has 1 N–H and O–H groups in total. The van der Waals surface area contributed by atoms with Gasteiger partial charge < -0.3 is 14.6 Å². The van der Waals surface area contributed by atoms with Crippen LogP contribution < -0.4 is 5.32 Å². The lowest BCUT2D eigenvalue weighted by molar-refractivity contribution is -0.0398. The van der Waals surface area contributed by atoms with Crippen LogP contribution in [0.4, 0.5) is 0 Å². The smallest absolute Gasteiger partial charge is 0.289 e. The van der Waals surface area contributed by atoms with Crippen LogP contribution in [0.3, 0.4) is 0 Å². The molecule has 21 heavy (non-hydrogen) atoms. The van der Waals surface area contributed by atoms with E-state index in [-0.39, 0.29) is 17.8 Å². The van der Waals surface area contributed by atoms with Crippen molar-refractivity contribution in [2.24, 2.45) is 5.41 Å². The lowest BCUT2D eigenvalue weighted by Gasteiger charge is -2.36. The van der Waals surface area contributed by atoms with E-state index in [1.165, 1.54) is 6.20 Å². The van der Waals surface area contributed by atoms with Gasteiger partial charge in [-0.2, -0.15) is 0 Å². The molecule has 1 aliphatic heterocycles. The Morgan fingerprint density at radius 1 is 1.52 bits per heavy atom. The molecule has 1 aromatic heterocycles. The standard InChI is InChI=1S/C15H25N3O3/c1-15(2,3)11-18-8-9-20-12(10-18)4-6-16-14(19)13-5-7-17-21-13/h5,7,12H,4,6,8-11H2,1-3H3,(H,16,19)/t12-/m0/s1. The van der Waals surface area contributed by atoms with Crippen LogP contribution >= 0.6 is 0 Å². The van der Waals surface area contributed by atoms with Crippen molar-refractivity contribution in [3.05, 3.63) is 18.0 Å². The Morgan fingerprint density at radius 2 is 2.33 bits per heavy atom. The van der Waals surface area contributed by atoms with Crippen LogP contribution in [-0.2, 0) is 4.74 Å². The Bertz CT molecular complexity index is 440. The lowest BCUT2D eigenvalue weighted by atomic mass is 9.95. The molecule has 0 radical (unpaired) electrons. The summed E-state index contributed by atoms with van der Waals surface area (Å²) in [6.45, 7) is 11.1. The molecule has 1 aliphatic rings. The highest BCUT2D eigenvalue weighted by Gasteiger charge is 2.24. The maximum Gasteiger partial charge on any atom is 0.289 e. The van der Waals surface area contributed by atoms with Crippen molar-refractivity contribution in [1.82, 2.24) is 15.4 Å². The first-order valence-corrected chi connectivity index (χ1v) is 7.47. The van der Waals surface area contributed by atoms with Crippen molar-refractivity contribution in [3.8, 4) is 0 Å². The molecule has 1 fully saturated rings. The van der Waals surface area contributed by atoms with Crippen LogP contribution in [0.25, 0.3) is 0 Å². The lowest BCUT2D eigenvalue weighted by Crippen LogP contribution is -2.46. The molecule has 0 saturated carbocycles. The highest BCUT2D eigenvalue weighted by molar-refractivity contribution is 5.91. The number of hydrogen-bond acceptors (Lipinski definition) is 5. The van der Waals surface area contributed by atoms with Gasteiger partial charge in [0.25, 0.3) is 5.91 Å². The van der Waals surface area contributed by atoms with E-state index >= 15 is 0 Å². The van der Waals surface area contributed by atoms with Crippen molar-refractivity contribution >= 4 is 5.91 Å². The summed E-state index contributed by atoms with van der Waals surface area (Å²) in [7, 11) is 0. The number of carbonyl (C=O) groups is 1. The van der Waals surface area contributed by atoms with Gasteiger partial charge in [0.2, 0.25) is 5.76 Å². The van der Waals surface area contributed by atoms with E-state index in [0.717, 1.165) is 32.7 Å². The molecule has 0 unspecified atom stereocenters. The predicted octanol–water partition coefficient (Wildman–Crippen LogP) is 1.54. The number of nitrogens with zero attached hydrogens (tertiary/aromatic N) is 2. The summed E-state index contributed by atoms with van der Waals surface area (Å²) < 4.78 is 10.6. The zero-order valence-corrected chi connectivity index (χ0v) is 13.1. The molecule has 0 aliphatic carbocycles. The van der Waals surface area contributed by atoms with Gasteiger partial charge in [-0.25, -0.2) is 0 Å². The average molecular weight is 295 g/mol. The molecule has 0 spiro atoms. The Morgan fingerprint density at radius 3 is 3.00 bits per heavy atom. The van der Waals surface area contributed by atoms with Gasteiger partial charge in [-0.1, -0.05) is 25.9 Å². The van der Waals surface area contributed by atoms with E-state index in [1.54, 1.807) is 6.07 Å². The van der Waals surface area contributed by atoms with E-state index < -0.39 is 0 Å². The van der Waals surface area contributed by atoms with Crippen LogP contribution in [-0.4, -0.2) is 54.9 Å². The molecular weight excluding hydrogens is 270 g/mol. The van der Waals surface area contributed by atoms with E-state index in [0.29, 0.717) is 12.0 Å². The Labute approximate surface area is 125 Å². The third kappa shape index (κ3) is 5.47. The molecule has 0 bridgehead atoms. The summed E-state index contributed by atoms with van der Waals surface area (Å²) in [4.78, 5) is 14.1. The summed E-state index contributed by atoms with van der Waals surface area (Å²) in [6.07, 6.45) is 2.44. The Kier molecular flexibility index (Phi) is 5.36. The molecule has 6 heteroatoms. The average Bonchev–Trinajstić information content (AvgIpc) is 2.91. The highest BCUT2D eigenvalue weighted by atomic mass is 16.5. The first kappa shape index (κ1) is 16.0. The normalized spacial score (nSPS) is 20.4. The van der Waals surface area contributed by atoms with Crippen molar-refractivity contribution in [3.63, 3.8) is 0 Å². The second-order valence-corrected chi connectivity index (χ2v) is 6.71. The second kappa shape index (κ2) is 7.04. The SMILES string of the molecule is CC(C)(C)CN1CCO[C@@H](CCNC(=O)c2ccno2)C1. The molecule has 6 nitrogen and oxygen atoms in total. The minimum absolute atomic E-state index is 0.177. The molecule has 1 aromatic rings. The molecule has 118 valence electrons.